The maximum absolute atomic E-state index is 5.94. The molecule has 0 fully saturated rings. The molecule has 0 aliphatic rings. The van der Waals surface area contributed by atoms with Gasteiger partial charge in [0.05, 0.1) is 0 Å². The molecule has 1 aromatic rings. The molecule has 19 heavy (non-hydrogen) atoms. The first-order valence-corrected chi connectivity index (χ1v) is 6.83. The van der Waals surface area contributed by atoms with Gasteiger partial charge >= 0.3 is 0 Å². The van der Waals surface area contributed by atoms with Crippen molar-refractivity contribution in [2.45, 2.75) is 26.2 Å². The lowest BCUT2D eigenvalue weighted by atomic mass is 10.1. The number of benzene rings is 1. The molecule has 1 aromatic carbocycles. The van der Waals surface area contributed by atoms with E-state index < -0.39 is 0 Å². The number of aliphatic imine (C=N–C) groups is 1. The Kier molecular flexibility index (Phi) is 11.1. The molecule has 0 bridgehead atoms. The zero-order chi connectivity index (χ0) is 13.2. The Morgan fingerprint density at radius 3 is 2.63 bits per heavy atom. The lowest BCUT2D eigenvalue weighted by Crippen LogP contribution is -2.38. The first-order valence-electron chi connectivity index (χ1n) is 6.45. The number of hydrogen-bond donors (Lipinski definition) is 2. The second-order valence-corrected chi connectivity index (χ2v) is 4.60. The Bertz CT molecular complexity index is 383. The average molecular weight is 396 g/mol. The Morgan fingerprint density at radius 1 is 1.26 bits per heavy atom. The lowest BCUT2D eigenvalue weighted by molar-refractivity contribution is 0.727. The smallest absolute Gasteiger partial charge is 0.190 e. The average Bonchev–Trinajstić information content (AvgIpc) is 2.37. The van der Waals surface area contributed by atoms with E-state index >= 15 is 0 Å². The molecule has 0 aliphatic heterocycles. The molecule has 108 valence electrons. The van der Waals surface area contributed by atoms with Gasteiger partial charge in [0.15, 0.2) is 5.96 Å². The van der Waals surface area contributed by atoms with Crippen molar-refractivity contribution in [2.24, 2.45) is 4.99 Å². The normalized spacial score (nSPS) is 10.8. The van der Waals surface area contributed by atoms with E-state index in [0.29, 0.717) is 0 Å². The Balaban J connectivity index is 0.00000324. The van der Waals surface area contributed by atoms with Crippen molar-refractivity contribution in [3.05, 3.63) is 34.9 Å². The van der Waals surface area contributed by atoms with Crippen LogP contribution < -0.4 is 10.6 Å². The minimum atomic E-state index is 0. The van der Waals surface area contributed by atoms with Crippen LogP contribution in [0.1, 0.15) is 25.3 Å². The minimum absolute atomic E-state index is 0. The number of guanidine groups is 1. The summed E-state index contributed by atoms with van der Waals surface area (Å²) < 4.78 is 0. The molecule has 3 nitrogen and oxygen atoms in total. The van der Waals surface area contributed by atoms with Crippen molar-refractivity contribution in [2.75, 3.05) is 20.1 Å². The quantitative estimate of drug-likeness (QED) is 0.335. The van der Waals surface area contributed by atoms with Gasteiger partial charge in [0.1, 0.15) is 0 Å². The van der Waals surface area contributed by atoms with Crippen LogP contribution in [0, 0.1) is 0 Å². The third-order valence-electron chi connectivity index (χ3n) is 2.64. The molecule has 0 atom stereocenters. The van der Waals surface area contributed by atoms with Crippen molar-refractivity contribution in [3.8, 4) is 0 Å². The van der Waals surface area contributed by atoms with Gasteiger partial charge in [-0.1, -0.05) is 37.1 Å². The molecule has 0 radical (unpaired) electrons. The van der Waals surface area contributed by atoms with Gasteiger partial charge in [-0.25, -0.2) is 0 Å². The molecule has 0 unspecified atom stereocenters. The molecular weight excluding hydrogens is 373 g/mol. The summed E-state index contributed by atoms with van der Waals surface area (Å²) in [7, 11) is 1.79. The van der Waals surface area contributed by atoms with Crippen LogP contribution in [-0.4, -0.2) is 26.1 Å². The molecule has 5 heteroatoms. The van der Waals surface area contributed by atoms with Crippen LogP contribution in [0.5, 0.6) is 0 Å². The number of halogens is 2. The van der Waals surface area contributed by atoms with Crippen molar-refractivity contribution in [1.29, 1.82) is 0 Å². The van der Waals surface area contributed by atoms with E-state index in [1.54, 1.807) is 7.05 Å². The summed E-state index contributed by atoms with van der Waals surface area (Å²) in [6.45, 7) is 4.00. The highest BCUT2D eigenvalue weighted by atomic mass is 127. The molecule has 2 N–H and O–H groups in total. The topological polar surface area (TPSA) is 36.4 Å². The van der Waals surface area contributed by atoms with Gasteiger partial charge in [0.25, 0.3) is 0 Å². The largest absolute Gasteiger partial charge is 0.356 e. The Hall–Kier alpha value is -0.490. The first kappa shape index (κ1) is 18.5. The summed E-state index contributed by atoms with van der Waals surface area (Å²) in [5, 5.41) is 7.36. The van der Waals surface area contributed by atoms with Gasteiger partial charge < -0.3 is 10.6 Å². The summed E-state index contributed by atoms with van der Waals surface area (Å²) in [5.41, 5.74) is 1.24. The fraction of sp³-hybridized carbons (Fsp3) is 0.500. The molecule has 1 rings (SSSR count). The second kappa shape index (κ2) is 11.3. The van der Waals surface area contributed by atoms with Crippen LogP contribution >= 0.6 is 35.6 Å². The molecule has 0 aliphatic carbocycles. The number of nitrogens with zero attached hydrogens (tertiary/aromatic N) is 1. The van der Waals surface area contributed by atoms with E-state index in [4.69, 9.17) is 11.6 Å². The predicted molar refractivity (Wildman–Crippen MR) is 94.8 cm³/mol. The number of unbranched alkanes of at least 4 members (excludes halogenated alkanes) is 1. The van der Waals surface area contributed by atoms with E-state index in [1.165, 1.54) is 12.0 Å². The van der Waals surface area contributed by atoms with Gasteiger partial charge in [-0.15, -0.1) is 24.0 Å². The summed E-state index contributed by atoms with van der Waals surface area (Å²) in [6, 6.07) is 7.95. The Labute approximate surface area is 138 Å². The van der Waals surface area contributed by atoms with Crippen LogP contribution in [0.25, 0.3) is 0 Å². The molecular formula is C14H23ClIN3. The summed E-state index contributed by atoms with van der Waals surface area (Å²) >= 11 is 5.94. The van der Waals surface area contributed by atoms with Crippen molar-refractivity contribution < 1.29 is 0 Å². The monoisotopic (exact) mass is 395 g/mol. The summed E-state index contributed by atoms with van der Waals surface area (Å²) in [6.07, 6.45) is 3.29. The van der Waals surface area contributed by atoms with Gasteiger partial charge in [-0.05, 0) is 30.5 Å². The third-order valence-corrected chi connectivity index (χ3v) is 2.88. The fourth-order valence-electron chi connectivity index (χ4n) is 1.62. The predicted octanol–water partition coefficient (Wildman–Crippen LogP) is 3.47. The lowest BCUT2D eigenvalue weighted by Gasteiger charge is -2.11. The van der Waals surface area contributed by atoms with E-state index in [2.05, 4.69) is 28.6 Å². The van der Waals surface area contributed by atoms with Gasteiger partial charge in [0, 0.05) is 25.2 Å². The molecule has 0 aromatic heterocycles. The zero-order valence-electron chi connectivity index (χ0n) is 11.6. The Morgan fingerprint density at radius 2 is 2.00 bits per heavy atom. The summed E-state index contributed by atoms with van der Waals surface area (Å²) in [5.74, 6) is 0.866. The molecule has 0 heterocycles. The van der Waals surface area contributed by atoms with Gasteiger partial charge in [-0.3, -0.25) is 4.99 Å². The van der Waals surface area contributed by atoms with Crippen LogP contribution in [0.4, 0.5) is 0 Å². The van der Waals surface area contributed by atoms with Crippen molar-refractivity contribution in [1.82, 2.24) is 10.6 Å². The maximum atomic E-state index is 5.94. The molecule has 0 amide bonds. The van der Waals surface area contributed by atoms with E-state index in [0.717, 1.165) is 36.9 Å². The van der Waals surface area contributed by atoms with E-state index in [9.17, 15) is 0 Å². The minimum Gasteiger partial charge on any atom is -0.356 e. The van der Waals surface area contributed by atoms with Crippen LogP contribution in [0.15, 0.2) is 29.3 Å². The molecule has 0 saturated heterocycles. The highest BCUT2D eigenvalue weighted by Crippen LogP contribution is 2.10. The van der Waals surface area contributed by atoms with Crippen molar-refractivity contribution in [3.63, 3.8) is 0 Å². The number of rotatable bonds is 6. The summed E-state index contributed by atoms with van der Waals surface area (Å²) in [4.78, 5) is 4.18. The van der Waals surface area contributed by atoms with Crippen LogP contribution in [0.3, 0.4) is 0 Å². The highest BCUT2D eigenvalue weighted by Gasteiger charge is 1.97. The van der Waals surface area contributed by atoms with Gasteiger partial charge in [-0.2, -0.15) is 0 Å². The highest BCUT2D eigenvalue weighted by molar-refractivity contribution is 14.0. The number of hydrogen-bond acceptors (Lipinski definition) is 1. The first-order chi connectivity index (χ1) is 8.76. The molecule has 0 spiro atoms. The second-order valence-electron chi connectivity index (χ2n) is 4.16. The molecule has 0 saturated carbocycles. The van der Waals surface area contributed by atoms with Gasteiger partial charge in [0.2, 0.25) is 0 Å². The SMILES string of the molecule is CCCCNC(=NC)NCCc1cccc(Cl)c1.I. The fourth-order valence-corrected chi connectivity index (χ4v) is 1.83. The van der Waals surface area contributed by atoms with Crippen LogP contribution in [-0.2, 0) is 6.42 Å². The van der Waals surface area contributed by atoms with E-state index in [1.807, 2.05) is 18.2 Å². The third kappa shape index (κ3) is 8.31. The van der Waals surface area contributed by atoms with Crippen molar-refractivity contribution >= 4 is 41.5 Å². The standard InChI is InChI=1S/C14H22ClN3.HI/c1-3-4-9-17-14(16-2)18-10-8-12-6-5-7-13(15)11-12;/h5-7,11H,3-4,8-10H2,1-2H3,(H2,16,17,18);1H. The maximum Gasteiger partial charge on any atom is 0.190 e. The number of nitrogens with one attached hydrogen (secondary N) is 2. The van der Waals surface area contributed by atoms with Crippen LogP contribution in [0.2, 0.25) is 5.02 Å². The zero-order valence-corrected chi connectivity index (χ0v) is 14.7. The van der Waals surface area contributed by atoms with E-state index in [-0.39, 0.29) is 24.0 Å².